The average molecular weight is 265 g/mol. The smallest absolute Gasteiger partial charge is 0.326 e. The molecular formula is C8H12NO5PS. The van der Waals surface area contributed by atoms with Crippen molar-refractivity contribution in [3.05, 3.63) is 24.3 Å². The molecule has 0 aliphatic carbocycles. The van der Waals surface area contributed by atoms with E-state index < -0.39 is 29.3 Å². The third kappa shape index (κ3) is 3.61. The zero-order valence-electron chi connectivity index (χ0n) is 8.28. The van der Waals surface area contributed by atoms with Gasteiger partial charge in [0.05, 0.1) is 22.5 Å². The predicted molar refractivity (Wildman–Crippen MR) is 59.8 cm³/mol. The van der Waals surface area contributed by atoms with E-state index in [4.69, 9.17) is 15.5 Å². The van der Waals surface area contributed by atoms with E-state index in [1.54, 1.807) is 6.07 Å². The summed E-state index contributed by atoms with van der Waals surface area (Å²) in [6.07, 6.45) is -0.705. The Hall–Kier alpha value is -0.880. The summed E-state index contributed by atoms with van der Waals surface area (Å²) < 4.78 is 33.9. The van der Waals surface area contributed by atoms with E-state index in [0.29, 0.717) is 0 Å². The first-order valence-corrected chi connectivity index (χ1v) is 7.79. The van der Waals surface area contributed by atoms with Crippen molar-refractivity contribution < 1.29 is 22.8 Å². The summed E-state index contributed by atoms with van der Waals surface area (Å²) in [6, 6.07) is 5.81. The zero-order valence-corrected chi connectivity index (χ0v) is 9.99. The summed E-state index contributed by atoms with van der Waals surface area (Å²) in [5.74, 6) is -0.620. The van der Waals surface area contributed by atoms with Gasteiger partial charge < -0.3 is 15.5 Å². The number of anilines is 1. The number of benzene rings is 1. The van der Waals surface area contributed by atoms with Gasteiger partial charge in [-0.1, -0.05) is 12.1 Å². The number of hydrogen-bond acceptors (Lipinski definition) is 4. The van der Waals surface area contributed by atoms with Crippen LogP contribution in [0.5, 0.6) is 0 Å². The van der Waals surface area contributed by atoms with Gasteiger partial charge in [-0.05, 0) is 12.1 Å². The first-order chi connectivity index (χ1) is 7.22. The molecular weight excluding hydrogens is 253 g/mol. The molecule has 16 heavy (non-hydrogen) atoms. The molecule has 0 amide bonds. The van der Waals surface area contributed by atoms with E-state index in [9.17, 15) is 13.0 Å². The number of hydrogen-bond donors (Lipinski definition) is 3. The van der Waals surface area contributed by atoms with Crippen molar-refractivity contribution in [3.8, 4) is 0 Å². The highest BCUT2D eigenvalue weighted by Crippen LogP contribution is 2.35. The summed E-state index contributed by atoms with van der Waals surface area (Å²) in [5.41, 5.74) is 5.55. The van der Waals surface area contributed by atoms with Crippen molar-refractivity contribution in [2.24, 2.45) is 0 Å². The van der Waals surface area contributed by atoms with Crippen LogP contribution in [0.4, 0.5) is 5.69 Å². The van der Waals surface area contributed by atoms with E-state index >= 15 is 0 Å². The van der Waals surface area contributed by atoms with E-state index in [1.807, 2.05) is 0 Å². The minimum atomic E-state index is -4.32. The maximum Gasteiger partial charge on any atom is 0.326 e. The number of para-hydroxylation sites is 1. The summed E-state index contributed by atoms with van der Waals surface area (Å²) >= 11 is 0. The Labute approximate surface area is 93.2 Å². The molecule has 8 heteroatoms. The molecule has 0 atom stereocenters. The minimum absolute atomic E-state index is 0.0770. The summed E-state index contributed by atoms with van der Waals surface area (Å²) in [4.78, 5) is 17.1. The Morgan fingerprint density at radius 2 is 1.81 bits per heavy atom. The molecule has 0 aromatic heterocycles. The number of rotatable bonds is 4. The van der Waals surface area contributed by atoms with Crippen LogP contribution in [0.15, 0.2) is 29.2 Å². The van der Waals surface area contributed by atoms with Gasteiger partial charge in [-0.25, -0.2) is 8.42 Å². The number of nitrogens with two attached hydrogens (primary N) is 1. The molecule has 0 saturated heterocycles. The van der Waals surface area contributed by atoms with E-state index in [2.05, 4.69) is 0 Å². The van der Waals surface area contributed by atoms with Crippen LogP contribution in [0.2, 0.25) is 0 Å². The fraction of sp³-hybridized carbons (Fsp3) is 0.250. The topological polar surface area (TPSA) is 118 Å². The van der Waals surface area contributed by atoms with Crippen LogP contribution in [0, 0.1) is 0 Å². The highest BCUT2D eigenvalue weighted by atomic mass is 32.2. The van der Waals surface area contributed by atoms with Gasteiger partial charge in [-0.2, -0.15) is 0 Å². The molecule has 0 spiro atoms. The fourth-order valence-corrected chi connectivity index (χ4v) is 3.96. The Morgan fingerprint density at radius 1 is 1.25 bits per heavy atom. The van der Waals surface area contributed by atoms with Crippen LogP contribution >= 0.6 is 7.60 Å². The molecule has 0 heterocycles. The summed E-state index contributed by atoms with van der Waals surface area (Å²) in [6.45, 7) is 0. The molecule has 1 rings (SSSR count). The molecule has 0 fully saturated rings. The molecule has 0 aliphatic rings. The lowest BCUT2D eigenvalue weighted by Crippen LogP contribution is -2.12. The molecule has 0 bridgehead atoms. The van der Waals surface area contributed by atoms with Crippen molar-refractivity contribution in [2.75, 3.05) is 17.6 Å². The van der Waals surface area contributed by atoms with E-state index in [0.717, 1.165) is 0 Å². The second kappa shape index (κ2) is 4.55. The third-order valence-corrected chi connectivity index (χ3v) is 4.80. The molecule has 1 aromatic rings. The predicted octanol–water partition coefficient (Wildman–Crippen LogP) is 0.220. The zero-order chi connectivity index (χ0) is 12.4. The number of nitrogen functional groups attached to an aromatic ring is 1. The lowest BCUT2D eigenvalue weighted by Gasteiger charge is -2.07. The second-order valence-electron chi connectivity index (χ2n) is 3.24. The van der Waals surface area contributed by atoms with Crippen LogP contribution in [0.1, 0.15) is 0 Å². The quantitative estimate of drug-likeness (QED) is 0.529. The molecule has 6 nitrogen and oxygen atoms in total. The van der Waals surface area contributed by atoms with Crippen LogP contribution in [-0.4, -0.2) is 30.1 Å². The molecule has 0 aliphatic heterocycles. The maximum absolute atomic E-state index is 11.7. The molecule has 0 unspecified atom stereocenters. The SMILES string of the molecule is Nc1ccccc1S(=O)(=O)CCP(=O)(O)O. The van der Waals surface area contributed by atoms with Gasteiger partial charge in [-0.15, -0.1) is 0 Å². The minimum Gasteiger partial charge on any atom is -0.398 e. The third-order valence-electron chi connectivity index (χ3n) is 1.91. The maximum atomic E-state index is 11.7. The van der Waals surface area contributed by atoms with Crippen molar-refractivity contribution >= 4 is 23.1 Å². The monoisotopic (exact) mass is 265 g/mol. The highest BCUT2D eigenvalue weighted by molar-refractivity contribution is 7.92. The van der Waals surface area contributed by atoms with Crippen molar-refractivity contribution in [3.63, 3.8) is 0 Å². The summed E-state index contributed by atoms with van der Waals surface area (Å²) in [7, 11) is -8.06. The Kier molecular flexibility index (Phi) is 3.75. The van der Waals surface area contributed by atoms with E-state index in [1.165, 1.54) is 18.2 Å². The second-order valence-corrected chi connectivity index (χ2v) is 7.10. The van der Waals surface area contributed by atoms with Gasteiger partial charge in [0, 0.05) is 0 Å². The average Bonchev–Trinajstić information content (AvgIpc) is 2.14. The molecule has 0 saturated carbocycles. The molecule has 1 aromatic carbocycles. The first kappa shape index (κ1) is 13.2. The van der Waals surface area contributed by atoms with Crippen LogP contribution < -0.4 is 5.73 Å². The van der Waals surface area contributed by atoms with Gasteiger partial charge in [0.15, 0.2) is 9.84 Å². The Morgan fingerprint density at radius 3 is 2.31 bits per heavy atom. The standard InChI is InChI=1S/C8H12NO5PS/c9-7-3-1-2-4-8(7)16(13,14)6-5-15(10,11)12/h1-4H,5-6,9H2,(H2,10,11,12). The number of sulfone groups is 1. The van der Waals surface area contributed by atoms with Gasteiger partial charge in [-0.3, -0.25) is 4.57 Å². The van der Waals surface area contributed by atoms with Crippen molar-refractivity contribution in [1.29, 1.82) is 0 Å². The van der Waals surface area contributed by atoms with Crippen LogP contribution in [0.3, 0.4) is 0 Å². The molecule has 4 N–H and O–H groups in total. The Bertz CT molecular complexity index is 521. The highest BCUT2D eigenvalue weighted by Gasteiger charge is 2.22. The lowest BCUT2D eigenvalue weighted by molar-refractivity contribution is 0.374. The van der Waals surface area contributed by atoms with E-state index in [-0.39, 0.29) is 10.6 Å². The van der Waals surface area contributed by atoms with Gasteiger partial charge in [0.1, 0.15) is 0 Å². The van der Waals surface area contributed by atoms with Gasteiger partial charge >= 0.3 is 7.60 Å². The first-order valence-electron chi connectivity index (χ1n) is 4.34. The fourth-order valence-electron chi connectivity index (χ4n) is 1.11. The molecule has 90 valence electrons. The van der Waals surface area contributed by atoms with Crippen LogP contribution in [0.25, 0.3) is 0 Å². The van der Waals surface area contributed by atoms with Crippen LogP contribution in [-0.2, 0) is 14.4 Å². The summed E-state index contributed by atoms with van der Waals surface area (Å²) in [5, 5.41) is 0. The van der Waals surface area contributed by atoms with Crippen molar-refractivity contribution in [2.45, 2.75) is 4.90 Å². The van der Waals surface area contributed by atoms with Gasteiger partial charge in [0.25, 0.3) is 0 Å². The largest absolute Gasteiger partial charge is 0.398 e. The lowest BCUT2D eigenvalue weighted by atomic mass is 10.3. The normalized spacial score (nSPS) is 12.6. The van der Waals surface area contributed by atoms with Gasteiger partial charge in [0.2, 0.25) is 0 Å². The Balaban J connectivity index is 2.96. The molecule has 0 radical (unpaired) electrons. The van der Waals surface area contributed by atoms with Crippen molar-refractivity contribution in [1.82, 2.24) is 0 Å².